The Bertz CT molecular complexity index is 899. The lowest BCUT2D eigenvalue weighted by atomic mass is 10.1. The third kappa shape index (κ3) is 2.43. The van der Waals surface area contributed by atoms with Crippen LogP contribution >= 0.6 is 11.3 Å². The van der Waals surface area contributed by atoms with Crippen LogP contribution in [0.1, 0.15) is 24.9 Å². The highest BCUT2D eigenvalue weighted by atomic mass is 32.1. The topological polar surface area (TPSA) is 82.9 Å². The van der Waals surface area contributed by atoms with E-state index in [0.29, 0.717) is 30.1 Å². The molecule has 1 N–H and O–H groups in total. The lowest BCUT2D eigenvalue weighted by Crippen LogP contribution is -2.30. The smallest absolute Gasteiger partial charge is 0.345 e. The van der Waals surface area contributed by atoms with Gasteiger partial charge in [-0.1, -0.05) is 0 Å². The molecule has 2 aromatic heterocycles. The predicted molar refractivity (Wildman–Crippen MR) is 89.8 cm³/mol. The van der Waals surface area contributed by atoms with Crippen molar-refractivity contribution in [3.8, 4) is 0 Å². The number of aromatic nitrogens is 1. The molecule has 0 radical (unpaired) electrons. The van der Waals surface area contributed by atoms with Crippen LogP contribution in [0.2, 0.25) is 0 Å². The van der Waals surface area contributed by atoms with E-state index in [0.717, 1.165) is 21.7 Å². The summed E-state index contributed by atoms with van der Waals surface area (Å²) in [5.74, 6) is -0.955. The molecule has 0 fully saturated rings. The number of hydrogen-bond donors (Lipinski definition) is 1. The second-order valence-corrected chi connectivity index (χ2v) is 6.70. The van der Waals surface area contributed by atoms with Crippen molar-refractivity contribution in [1.82, 2.24) is 9.88 Å². The zero-order chi connectivity index (χ0) is 16.7. The number of carbonyl (C=O) groups excluding carboxylic acids is 1. The SMILES string of the molecule is O=C(O)c1ccc(C2=NCC3=C2CN(C(=O)c2ccncc2)C3)s1. The second kappa shape index (κ2) is 5.68. The summed E-state index contributed by atoms with van der Waals surface area (Å²) < 4.78 is 0. The number of pyridine rings is 1. The first-order valence-electron chi connectivity index (χ1n) is 7.42. The number of hydrogen-bond acceptors (Lipinski definition) is 5. The number of carboxylic acids is 1. The van der Waals surface area contributed by atoms with Gasteiger partial charge < -0.3 is 10.0 Å². The van der Waals surface area contributed by atoms with Crippen molar-refractivity contribution in [1.29, 1.82) is 0 Å². The lowest BCUT2D eigenvalue weighted by molar-refractivity contribution is 0.0701. The van der Waals surface area contributed by atoms with Crippen molar-refractivity contribution >= 4 is 28.9 Å². The molecule has 1 amide bonds. The fraction of sp³-hybridized carbons (Fsp3) is 0.176. The summed E-state index contributed by atoms with van der Waals surface area (Å²) >= 11 is 1.22. The molecule has 2 aliphatic heterocycles. The molecule has 0 saturated carbocycles. The Kier molecular flexibility index (Phi) is 3.50. The number of carbonyl (C=O) groups is 2. The number of thiophene rings is 1. The Labute approximate surface area is 141 Å². The van der Waals surface area contributed by atoms with E-state index in [2.05, 4.69) is 9.98 Å². The number of carboxylic acid groups (broad SMARTS) is 1. The van der Waals surface area contributed by atoms with E-state index in [1.54, 1.807) is 41.6 Å². The Balaban J connectivity index is 1.54. The van der Waals surface area contributed by atoms with Crippen molar-refractivity contribution < 1.29 is 14.7 Å². The molecule has 6 nitrogen and oxygen atoms in total. The quantitative estimate of drug-likeness (QED) is 0.928. The summed E-state index contributed by atoms with van der Waals surface area (Å²) in [6, 6.07) is 6.80. The molecule has 0 aromatic carbocycles. The minimum Gasteiger partial charge on any atom is -0.477 e. The van der Waals surface area contributed by atoms with Crippen LogP contribution < -0.4 is 0 Å². The molecule has 0 bridgehead atoms. The van der Waals surface area contributed by atoms with Gasteiger partial charge in [-0.25, -0.2) is 4.79 Å². The van der Waals surface area contributed by atoms with E-state index in [9.17, 15) is 9.59 Å². The highest BCUT2D eigenvalue weighted by molar-refractivity contribution is 7.16. The molecule has 2 aliphatic rings. The average molecular weight is 339 g/mol. The fourth-order valence-electron chi connectivity index (χ4n) is 2.97. The first-order valence-corrected chi connectivity index (χ1v) is 8.23. The molecule has 0 saturated heterocycles. The summed E-state index contributed by atoms with van der Waals surface area (Å²) in [5, 5.41) is 9.07. The van der Waals surface area contributed by atoms with Crippen LogP contribution in [-0.2, 0) is 0 Å². The van der Waals surface area contributed by atoms with Crippen molar-refractivity contribution in [2.45, 2.75) is 0 Å². The first-order chi connectivity index (χ1) is 11.6. The molecule has 0 atom stereocenters. The largest absolute Gasteiger partial charge is 0.477 e. The fourth-order valence-corrected chi connectivity index (χ4v) is 3.85. The summed E-state index contributed by atoms with van der Waals surface area (Å²) in [6.07, 6.45) is 3.22. The maximum absolute atomic E-state index is 12.6. The molecule has 0 aliphatic carbocycles. The number of rotatable bonds is 3. The van der Waals surface area contributed by atoms with E-state index in [4.69, 9.17) is 5.11 Å². The van der Waals surface area contributed by atoms with Crippen molar-refractivity contribution in [3.63, 3.8) is 0 Å². The van der Waals surface area contributed by atoms with Gasteiger partial charge in [0.15, 0.2) is 0 Å². The average Bonchev–Trinajstić information content (AvgIpc) is 3.29. The minimum atomic E-state index is -0.931. The van der Waals surface area contributed by atoms with Gasteiger partial charge in [-0.3, -0.25) is 14.8 Å². The van der Waals surface area contributed by atoms with Gasteiger partial charge in [-0.2, -0.15) is 0 Å². The van der Waals surface area contributed by atoms with Crippen LogP contribution in [0.25, 0.3) is 0 Å². The van der Waals surface area contributed by atoms with Gasteiger partial charge in [0, 0.05) is 36.6 Å². The highest BCUT2D eigenvalue weighted by Gasteiger charge is 2.33. The molecular formula is C17H13N3O3S. The van der Waals surface area contributed by atoms with E-state index in [1.807, 2.05) is 0 Å². The standard InChI is InChI=1S/C17H13N3O3S/c21-16(10-3-5-18-6-4-10)20-8-11-7-19-15(12(11)9-20)13-1-2-14(24-13)17(22)23/h1-6H,7-9H2,(H,22,23). The van der Waals surface area contributed by atoms with Crippen molar-refractivity contribution in [2.24, 2.45) is 4.99 Å². The van der Waals surface area contributed by atoms with Crippen LogP contribution in [0, 0.1) is 0 Å². The molecule has 4 rings (SSSR count). The van der Waals surface area contributed by atoms with E-state index >= 15 is 0 Å². The third-order valence-electron chi connectivity index (χ3n) is 4.14. The van der Waals surface area contributed by atoms with Crippen LogP contribution in [0.15, 0.2) is 52.8 Å². The van der Waals surface area contributed by atoms with Crippen molar-refractivity contribution in [2.75, 3.05) is 19.6 Å². The van der Waals surface area contributed by atoms with Gasteiger partial charge in [0.2, 0.25) is 0 Å². The molecule has 2 aromatic rings. The first kappa shape index (κ1) is 14.8. The minimum absolute atomic E-state index is 0.0245. The molecule has 120 valence electrons. The zero-order valence-corrected chi connectivity index (χ0v) is 13.4. The number of aromatic carboxylic acids is 1. The number of nitrogens with zero attached hydrogens (tertiary/aromatic N) is 3. The van der Waals surface area contributed by atoms with Gasteiger partial charge in [0.25, 0.3) is 5.91 Å². The summed E-state index contributed by atoms with van der Waals surface area (Å²) in [6.45, 7) is 1.65. The van der Waals surface area contributed by atoms with Crippen LogP contribution in [0.3, 0.4) is 0 Å². The molecule has 4 heterocycles. The van der Waals surface area contributed by atoms with Gasteiger partial charge >= 0.3 is 5.97 Å². The number of aliphatic imine (C=N–C) groups is 1. The van der Waals surface area contributed by atoms with E-state index < -0.39 is 5.97 Å². The van der Waals surface area contributed by atoms with Gasteiger partial charge in [-0.05, 0) is 29.8 Å². The van der Waals surface area contributed by atoms with Crippen molar-refractivity contribution in [3.05, 3.63) is 63.1 Å². The molecule has 0 spiro atoms. The molecule has 7 heteroatoms. The molecular weight excluding hydrogens is 326 g/mol. The molecule has 24 heavy (non-hydrogen) atoms. The predicted octanol–water partition coefficient (Wildman–Crippen LogP) is 2.10. The van der Waals surface area contributed by atoms with Gasteiger partial charge in [0.1, 0.15) is 4.88 Å². The monoisotopic (exact) mass is 339 g/mol. The summed E-state index contributed by atoms with van der Waals surface area (Å²) in [5.41, 5.74) is 3.63. The van der Waals surface area contributed by atoms with E-state index in [-0.39, 0.29) is 5.91 Å². The molecule has 0 unspecified atom stereocenters. The summed E-state index contributed by atoms with van der Waals surface area (Å²) in [4.78, 5) is 35.0. The summed E-state index contributed by atoms with van der Waals surface area (Å²) in [7, 11) is 0. The lowest BCUT2D eigenvalue weighted by Gasteiger charge is -2.17. The van der Waals surface area contributed by atoms with Gasteiger partial charge in [-0.15, -0.1) is 11.3 Å². The maximum Gasteiger partial charge on any atom is 0.345 e. The zero-order valence-electron chi connectivity index (χ0n) is 12.6. The van der Waals surface area contributed by atoms with Crippen LogP contribution in [-0.4, -0.2) is 52.2 Å². The highest BCUT2D eigenvalue weighted by Crippen LogP contribution is 2.31. The van der Waals surface area contributed by atoms with Crippen LogP contribution in [0.4, 0.5) is 0 Å². The normalized spacial score (nSPS) is 16.3. The van der Waals surface area contributed by atoms with Crippen LogP contribution in [0.5, 0.6) is 0 Å². The Morgan fingerprint density at radius 2 is 1.92 bits per heavy atom. The number of amides is 1. The Morgan fingerprint density at radius 1 is 1.12 bits per heavy atom. The van der Waals surface area contributed by atoms with E-state index in [1.165, 1.54) is 11.3 Å². The third-order valence-corrected chi connectivity index (χ3v) is 5.22. The van der Waals surface area contributed by atoms with Gasteiger partial charge in [0.05, 0.1) is 17.1 Å². The second-order valence-electron chi connectivity index (χ2n) is 5.61. The Morgan fingerprint density at radius 3 is 2.62 bits per heavy atom. The Hall–Kier alpha value is -2.80. The maximum atomic E-state index is 12.6.